The van der Waals surface area contributed by atoms with Crippen LogP contribution in [-0.4, -0.2) is 99.6 Å². The quantitative estimate of drug-likeness (QED) is 0.0195. The largest absolute Gasteiger partial charge is 0.454 e. The molecule has 1 heterocycles. The first-order chi connectivity index (χ1) is 36.2. The first-order valence-electron chi connectivity index (χ1n) is 31.6. The van der Waals surface area contributed by atoms with Crippen LogP contribution in [0, 0.1) is 0 Å². The van der Waals surface area contributed by atoms with Gasteiger partial charge in [-0.05, 0) is 51.4 Å². The molecule has 8 unspecified atom stereocenters. The van der Waals surface area contributed by atoms with Crippen LogP contribution in [0.25, 0.3) is 0 Å². The molecule has 0 radical (unpaired) electrons. The molecule has 11 nitrogen and oxygen atoms in total. The molecule has 0 aromatic heterocycles. The lowest BCUT2D eigenvalue weighted by molar-refractivity contribution is -0.305. The summed E-state index contributed by atoms with van der Waals surface area (Å²) in [6, 6.07) is -1.02. The Kier molecular flexibility index (Phi) is 49.2. The number of hydrogen-bond donors (Lipinski definition) is 6. The summed E-state index contributed by atoms with van der Waals surface area (Å²) in [7, 11) is 0. The van der Waals surface area contributed by atoms with Gasteiger partial charge in [-0.2, -0.15) is 0 Å². The summed E-state index contributed by atoms with van der Waals surface area (Å²) >= 11 is 0. The van der Waals surface area contributed by atoms with Gasteiger partial charge in [0.2, 0.25) is 5.91 Å². The normalized spacial score (nSPS) is 19.4. The van der Waals surface area contributed by atoms with E-state index >= 15 is 0 Å². The van der Waals surface area contributed by atoms with Crippen molar-refractivity contribution < 1.29 is 49.3 Å². The van der Waals surface area contributed by atoms with Gasteiger partial charge in [-0.1, -0.05) is 270 Å². The molecule has 1 fully saturated rings. The topological polar surface area (TPSA) is 175 Å². The third-order valence-electron chi connectivity index (χ3n) is 15.1. The fourth-order valence-electron chi connectivity index (χ4n) is 10.1. The number of carbonyl (C=O) groups excluding carboxylic acids is 2. The fourth-order valence-corrected chi connectivity index (χ4v) is 10.1. The van der Waals surface area contributed by atoms with Gasteiger partial charge in [0.05, 0.1) is 25.4 Å². The molecule has 74 heavy (non-hydrogen) atoms. The molecule has 0 aliphatic carbocycles. The zero-order chi connectivity index (χ0) is 54.0. The van der Waals surface area contributed by atoms with Gasteiger partial charge in [-0.25, -0.2) is 0 Å². The minimum atomic E-state index is -1.61. The van der Waals surface area contributed by atoms with Gasteiger partial charge in [0.15, 0.2) is 12.4 Å². The smallest absolute Gasteiger partial charge is 0.306 e. The van der Waals surface area contributed by atoms with Crippen LogP contribution in [0.5, 0.6) is 0 Å². The van der Waals surface area contributed by atoms with E-state index in [0.717, 1.165) is 57.8 Å². The molecule has 1 rings (SSSR count). The third kappa shape index (κ3) is 39.5. The number of ether oxygens (including phenoxy) is 3. The number of aliphatic hydroxyl groups excluding tert-OH is 5. The van der Waals surface area contributed by atoms with E-state index in [0.29, 0.717) is 19.3 Å². The van der Waals surface area contributed by atoms with Gasteiger partial charge in [0, 0.05) is 6.42 Å². The molecule has 8 atom stereocenters. The first-order valence-corrected chi connectivity index (χ1v) is 31.6. The van der Waals surface area contributed by atoms with E-state index in [2.05, 4.69) is 38.2 Å². The molecule has 0 spiro atoms. The number of allylic oxidation sites excluding steroid dienone is 3. The number of amides is 1. The van der Waals surface area contributed by atoms with Gasteiger partial charge in [0.25, 0.3) is 0 Å². The van der Waals surface area contributed by atoms with Crippen molar-refractivity contribution in [3.63, 3.8) is 0 Å². The highest BCUT2D eigenvalue weighted by atomic mass is 16.7. The van der Waals surface area contributed by atoms with E-state index in [1.54, 1.807) is 6.08 Å². The Morgan fingerprint density at radius 1 is 0.514 bits per heavy atom. The number of esters is 1. The van der Waals surface area contributed by atoms with Crippen LogP contribution in [-0.2, 0) is 23.8 Å². The summed E-state index contributed by atoms with van der Waals surface area (Å²) in [4.78, 5) is 26.5. The highest BCUT2D eigenvalue weighted by molar-refractivity contribution is 5.80. The van der Waals surface area contributed by atoms with Crippen LogP contribution >= 0.6 is 0 Å². The summed E-state index contributed by atoms with van der Waals surface area (Å²) < 4.78 is 17.6. The Balaban J connectivity index is 2.58. The van der Waals surface area contributed by atoms with Gasteiger partial charge in [-0.15, -0.1) is 0 Å². The average Bonchev–Trinajstić information content (AvgIpc) is 3.40. The second-order valence-electron chi connectivity index (χ2n) is 22.1. The van der Waals surface area contributed by atoms with Crippen molar-refractivity contribution in [1.82, 2.24) is 5.32 Å². The monoisotopic (exact) mass is 1050 g/mol. The van der Waals surface area contributed by atoms with Crippen LogP contribution in [0.4, 0.5) is 0 Å². The molecule has 0 aromatic rings. The zero-order valence-corrected chi connectivity index (χ0v) is 48.2. The van der Waals surface area contributed by atoms with Crippen molar-refractivity contribution in [2.75, 3.05) is 13.2 Å². The van der Waals surface area contributed by atoms with E-state index in [-0.39, 0.29) is 13.0 Å². The SMILES string of the molecule is CCCCCCCC/C=C/CCCCCCCCCCCCCCCC(=O)OC1C(OCC(NC(=O)C(O)CCCCCCCCCCCC)C(O)/C=C/CCCCCCCCCCCC)OC(CO)C(O)C1O. The summed E-state index contributed by atoms with van der Waals surface area (Å²) in [5.41, 5.74) is 0. The molecule has 11 heteroatoms. The molecular weight excluding hydrogens is 931 g/mol. The lowest BCUT2D eigenvalue weighted by atomic mass is 9.99. The second kappa shape index (κ2) is 51.9. The van der Waals surface area contributed by atoms with Crippen molar-refractivity contribution in [1.29, 1.82) is 0 Å². The van der Waals surface area contributed by atoms with Crippen LogP contribution in [0.1, 0.15) is 303 Å². The summed E-state index contributed by atoms with van der Waals surface area (Å²) in [5, 5.41) is 56.9. The molecule has 0 bridgehead atoms. The zero-order valence-electron chi connectivity index (χ0n) is 48.2. The Labute approximate surface area is 454 Å². The molecule has 436 valence electrons. The molecular formula is C63H119NO10. The fraction of sp³-hybridized carbons (Fsp3) is 0.905. The lowest BCUT2D eigenvalue weighted by Crippen LogP contribution is -2.61. The maximum atomic E-state index is 13.3. The summed E-state index contributed by atoms with van der Waals surface area (Å²) in [6.07, 6.45) is 49.5. The number of aliphatic hydroxyl groups is 5. The molecule has 6 N–H and O–H groups in total. The number of rotatable bonds is 54. The van der Waals surface area contributed by atoms with Crippen molar-refractivity contribution >= 4 is 11.9 Å². The molecule has 1 aliphatic rings. The van der Waals surface area contributed by atoms with Crippen molar-refractivity contribution in [2.45, 2.75) is 352 Å². The Morgan fingerprint density at radius 2 is 0.892 bits per heavy atom. The van der Waals surface area contributed by atoms with Gasteiger partial charge >= 0.3 is 5.97 Å². The Hall–Kier alpha value is -1.86. The van der Waals surface area contributed by atoms with E-state index in [4.69, 9.17) is 14.2 Å². The standard InChI is InChI=1S/C63H119NO10/c1-4-7-10-13-16-19-22-24-25-26-27-28-29-30-31-32-33-34-36-39-42-45-48-51-58(68)74-61-60(70)59(69)57(52-65)73-63(61)72-53-54(55(66)49-46-43-40-38-35-23-20-17-14-11-8-5-2)64-62(71)56(67)50-47-44-41-37-21-18-15-12-9-6-3/h24-25,46,49,54-57,59-61,63,65-67,69-70H,4-23,26-45,47-48,50-53H2,1-3H3,(H,64,71)/b25-24+,49-46+. The van der Waals surface area contributed by atoms with Crippen LogP contribution in [0.2, 0.25) is 0 Å². The summed E-state index contributed by atoms with van der Waals surface area (Å²) in [6.45, 7) is 5.79. The minimum absolute atomic E-state index is 0.128. The third-order valence-corrected chi connectivity index (χ3v) is 15.1. The van der Waals surface area contributed by atoms with Crippen molar-refractivity contribution in [2.24, 2.45) is 0 Å². The summed E-state index contributed by atoms with van der Waals surface area (Å²) in [5.74, 6) is -1.18. The molecule has 1 saturated heterocycles. The highest BCUT2D eigenvalue weighted by Gasteiger charge is 2.47. The first kappa shape index (κ1) is 70.2. The number of nitrogens with one attached hydrogen (secondary N) is 1. The lowest BCUT2D eigenvalue weighted by Gasteiger charge is -2.41. The Morgan fingerprint density at radius 3 is 1.31 bits per heavy atom. The van der Waals surface area contributed by atoms with E-state index in [1.165, 1.54) is 199 Å². The van der Waals surface area contributed by atoms with Gasteiger partial charge in [-0.3, -0.25) is 9.59 Å². The molecule has 1 amide bonds. The van der Waals surface area contributed by atoms with E-state index in [1.807, 2.05) is 6.08 Å². The number of unbranched alkanes of at least 4 members (excludes halogenated alkanes) is 38. The second-order valence-corrected chi connectivity index (χ2v) is 22.1. The van der Waals surface area contributed by atoms with E-state index in [9.17, 15) is 35.1 Å². The molecule has 0 aromatic carbocycles. The Bertz CT molecular complexity index is 1300. The minimum Gasteiger partial charge on any atom is -0.454 e. The van der Waals surface area contributed by atoms with E-state index < -0.39 is 67.4 Å². The van der Waals surface area contributed by atoms with Crippen molar-refractivity contribution in [3.8, 4) is 0 Å². The van der Waals surface area contributed by atoms with Crippen molar-refractivity contribution in [3.05, 3.63) is 24.3 Å². The predicted octanol–water partition coefficient (Wildman–Crippen LogP) is 14.9. The maximum absolute atomic E-state index is 13.3. The van der Waals surface area contributed by atoms with Gasteiger partial charge in [0.1, 0.15) is 24.4 Å². The maximum Gasteiger partial charge on any atom is 0.306 e. The van der Waals surface area contributed by atoms with Crippen LogP contribution in [0.15, 0.2) is 24.3 Å². The van der Waals surface area contributed by atoms with Gasteiger partial charge < -0.3 is 45.1 Å². The number of hydrogen-bond acceptors (Lipinski definition) is 10. The molecule has 1 aliphatic heterocycles. The van der Waals surface area contributed by atoms with Crippen LogP contribution < -0.4 is 5.32 Å². The predicted molar refractivity (Wildman–Crippen MR) is 306 cm³/mol. The molecule has 0 saturated carbocycles. The van der Waals surface area contributed by atoms with Crippen LogP contribution in [0.3, 0.4) is 0 Å². The average molecular weight is 1050 g/mol. The number of carbonyl (C=O) groups is 2. The highest BCUT2D eigenvalue weighted by Crippen LogP contribution is 2.26.